The van der Waals surface area contributed by atoms with Crippen LogP contribution >= 0.6 is 11.6 Å². The molecule has 0 radical (unpaired) electrons. The first-order valence-electron chi connectivity index (χ1n) is 9.03. The predicted molar refractivity (Wildman–Crippen MR) is 97.6 cm³/mol. The van der Waals surface area contributed by atoms with Gasteiger partial charge < -0.3 is 19.3 Å². The molecule has 0 saturated carbocycles. The highest BCUT2D eigenvalue weighted by Crippen LogP contribution is 2.31. The fourth-order valence-corrected chi connectivity index (χ4v) is 3.56. The number of benzene rings is 1. The van der Waals surface area contributed by atoms with Crippen molar-refractivity contribution in [1.82, 2.24) is 9.80 Å². The van der Waals surface area contributed by atoms with E-state index in [4.69, 9.17) is 21.1 Å². The van der Waals surface area contributed by atoms with Crippen molar-refractivity contribution in [2.45, 2.75) is 38.5 Å². The second kappa shape index (κ2) is 8.37. The van der Waals surface area contributed by atoms with Crippen molar-refractivity contribution in [2.75, 3.05) is 32.8 Å². The topological polar surface area (TPSA) is 59.1 Å². The van der Waals surface area contributed by atoms with Gasteiger partial charge in [-0.15, -0.1) is 0 Å². The Morgan fingerprint density at radius 2 is 1.77 bits per heavy atom. The van der Waals surface area contributed by atoms with Crippen LogP contribution in [0.2, 0.25) is 5.02 Å². The van der Waals surface area contributed by atoms with Crippen LogP contribution in [-0.4, -0.2) is 60.2 Å². The minimum atomic E-state index is -0.475. The standard InChI is InChI=1S/C19H25ClN2O4/c1-15(23)22(14-16-2-4-17(20)5-3-16)9-6-18(24)21-10-7-19(8-11-21)25-12-13-26-19/h2-5H,6-14H2,1H3. The summed E-state index contributed by atoms with van der Waals surface area (Å²) in [6, 6.07) is 7.39. The van der Waals surface area contributed by atoms with Gasteiger partial charge in [-0.1, -0.05) is 23.7 Å². The maximum Gasteiger partial charge on any atom is 0.224 e. The fourth-order valence-electron chi connectivity index (χ4n) is 3.43. The van der Waals surface area contributed by atoms with Gasteiger partial charge in [0.1, 0.15) is 0 Å². The number of ether oxygens (including phenoxy) is 2. The summed E-state index contributed by atoms with van der Waals surface area (Å²) in [6.07, 6.45) is 1.74. The van der Waals surface area contributed by atoms with Crippen LogP contribution in [0.15, 0.2) is 24.3 Å². The molecular formula is C19H25ClN2O4. The third kappa shape index (κ3) is 4.75. The van der Waals surface area contributed by atoms with Gasteiger partial charge in [-0.3, -0.25) is 9.59 Å². The van der Waals surface area contributed by atoms with Crippen molar-refractivity contribution < 1.29 is 19.1 Å². The molecule has 2 amide bonds. The molecule has 7 heteroatoms. The van der Waals surface area contributed by atoms with E-state index in [2.05, 4.69) is 0 Å². The maximum absolute atomic E-state index is 12.5. The molecule has 0 N–H and O–H groups in total. The van der Waals surface area contributed by atoms with Crippen molar-refractivity contribution in [3.8, 4) is 0 Å². The number of nitrogens with zero attached hydrogens (tertiary/aromatic N) is 2. The summed E-state index contributed by atoms with van der Waals surface area (Å²) >= 11 is 5.90. The van der Waals surface area contributed by atoms with Gasteiger partial charge in [0.2, 0.25) is 11.8 Å². The first-order chi connectivity index (χ1) is 12.5. The van der Waals surface area contributed by atoms with Crippen LogP contribution in [0.25, 0.3) is 0 Å². The molecule has 0 aliphatic carbocycles. The summed E-state index contributed by atoms with van der Waals surface area (Å²) < 4.78 is 11.4. The van der Waals surface area contributed by atoms with Crippen LogP contribution in [0.1, 0.15) is 31.7 Å². The van der Waals surface area contributed by atoms with Gasteiger partial charge in [-0.2, -0.15) is 0 Å². The molecular weight excluding hydrogens is 356 g/mol. The Hall–Kier alpha value is -1.63. The van der Waals surface area contributed by atoms with E-state index in [1.54, 1.807) is 17.0 Å². The molecule has 26 heavy (non-hydrogen) atoms. The Bertz CT molecular complexity index is 633. The van der Waals surface area contributed by atoms with Crippen molar-refractivity contribution in [2.24, 2.45) is 0 Å². The number of carbonyl (C=O) groups excluding carboxylic acids is 2. The number of amides is 2. The molecule has 2 heterocycles. The van der Waals surface area contributed by atoms with Crippen molar-refractivity contribution >= 4 is 23.4 Å². The van der Waals surface area contributed by atoms with Crippen LogP contribution in [0.5, 0.6) is 0 Å². The number of rotatable bonds is 5. The van der Waals surface area contributed by atoms with E-state index < -0.39 is 5.79 Å². The number of carbonyl (C=O) groups is 2. The zero-order chi connectivity index (χ0) is 18.6. The molecule has 1 spiro atoms. The normalized spacial score (nSPS) is 18.9. The van der Waals surface area contributed by atoms with Crippen LogP contribution < -0.4 is 0 Å². The lowest BCUT2D eigenvalue weighted by atomic mass is 10.0. The van der Waals surface area contributed by atoms with Crippen LogP contribution in [0, 0.1) is 0 Å². The largest absolute Gasteiger partial charge is 0.347 e. The molecule has 0 bridgehead atoms. The van der Waals surface area contributed by atoms with E-state index in [0.717, 1.165) is 5.56 Å². The van der Waals surface area contributed by atoms with Gasteiger partial charge in [0, 0.05) is 57.4 Å². The highest BCUT2D eigenvalue weighted by atomic mass is 35.5. The van der Waals surface area contributed by atoms with E-state index in [1.807, 2.05) is 17.0 Å². The molecule has 1 aromatic rings. The molecule has 1 aromatic carbocycles. The summed E-state index contributed by atoms with van der Waals surface area (Å²) in [5.41, 5.74) is 0.993. The number of halogens is 1. The Morgan fingerprint density at radius 3 is 2.35 bits per heavy atom. The van der Waals surface area contributed by atoms with Crippen molar-refractivity contribution in [3.63, 3.8) is 0 Å². The average molecular weight is 381 g/mol. The smallest absolute Gasteiger partial charge is 0.224 e. The minimum absolute atomic E-state index is 0.0434. The minimum Gasteiger partial charge on any atom is -0.347 e. The van der Waals surface area contributed by atoms with Gasteiger partial charge in [0.15, 0.2) is 5.79 Å². The lowest BCUT2D eigenvalue weighted by Crippen LogP contribution is -2.47. The Balaban J connectivity index is 1.48. The van der Waals surface area contributed by atoms with Crippen molar-refractivity contribution in [3.05, 3.63) is 34.9 Å². The zero-order valence-electron chi connectivity index (χ0n) is 15.1. The molecule has 2 aliphatic heterocycles. The zero-order valence-corrected chi connectivity index (χ0v) is 15.8. The second-order valence-electron chi connectivity index (χ2n) is 6.81. The first-order valence-corrected chi connectivity index (χ1v) is 9.41. The average Bonchev–Trinajstić information content (AvgIpc) is 3.08. The molecule has 2 aliphatic rings. The summed E-state index contributed by atoms with van der Waals surface area (Å²) in [6.45, 7) is 4.94. The molecule has 0 aromatic heterocycles. The summed E-state index contributed by atoms with van der Waals surface area (Å²) in [4.78, 5) is 28.0. The van der Waals surface area contributed by atoms with E-state index in [0.29, 0.717) is 63.7 Å². The van der Waals surface area contributed by atoms with Gasteiger partial charge in [-0.25, -0.2) is 0 Å². The van der Waals surface area contributed by atoms with Crippen LogP contribution in [0.3, 0.4) is 0 Å². The highest BCUT2D eigenvalue weighted by molar-refractivity contribution is 6.30. The number of hydrogen-bond donors (Lipinski definition) is 0. The van der Waals surface area contributed by atoms with Gasteiger partial charge in [0.05, 0.1) is 13.2 Å². The number of piperidine rings is 1. The van der Waals surface area contributed by atoms with E-state index >= 15 is 0 Å². The Morgan fingerprint density at radius 1 is 1.15 bits per heavy atom. The molecule has 6 nitrogen and oxygen atoms in total. The SMILES string of the molecule is CC(=O)N(CCC(=O)N1CCC2(CC1)OCCO2)Cc1ccc(Cl)cc1. The molecule has 142 valence electrons. The third-order valence-electron chi connectivity index (χ3n) is 5.02. The highest BCUT2D eigenvalue weighted by Gasteiger charge is 2.40. The molecule has 2 fully saturated rings. The lowest BCUT2D eigenvalue weighted by molar-refractivity contribution is -0.187. The van der Waals surface area contributed by atoms with E-state index in [-0.39, 0.29) is 11.8 Å². The van der Waals surface area contributed by atoms with E-state index in [1.165, 1.54) is 6.92 Å². The second-order valence-corrected chi connectivity index (χ2v) is 7.24. The molecule has 3 rings (SSSR count). The summed E-state index contributed by atoms with van der Waals surface area (Å²) in [5.74, 6) is -0.449. The molecule has 0 unspecified atom stereocenters. The van der Waals surface area contributed by atoms with Gasteiger partial charge in [0.25, 0.3) is 0 Å². The number of hydrogen-bond acceptors (Lipinski definition) is 4. The lowest BCUT2D eigenvalue weighted by Gasteiger charge is -2.37. The van der Waals surface area contributed by atoms with Gasteiger partial charge in [-0.05, 0) is 17.7 Å². The molecule has 2 saturated heterocycles. The summed E-state index contributed by atoms with van der Waals surface area (Å²) in [7, 11) is 0. The summed E-state index contributed by atoms with van der Waals surface area (Å²) in [5, 5.41) is 0.663. The first kappa shape index (κ1) is 19.1. The van der Waals surface area contributed by atoms with Crippen molar-refractivity contribution in [1.29, 1.82) is 0 Å². The predicted octanol–water partition coefficient (Wildman–Crippen LogP) is 2.44. The van der Waals surface area contributed by atoms with E-state index in [9.17, 15) is 9.59 Å². The van der Waals surface area contributed by atoms with Crippen LogP contribution in [0.4, 0.5) is 0 Å². The Labute approximate surface area is 159 Å². The molecule has 0 atom stereocenters. The van der Waals surface area contributed by atoms with Crippen LogP contribution in [-0.2, 0) is 25.6 Å². The quantitative estimate of drug-likeness (QED) is 0.787. The third-order valence-corrected chi connectivity index (χ3v) is 5.27. The number of likely N-dealkylation sites (tertiary alicyclic amines) is 1. The van der Waals surface area contributed by atoms with Gasteiger partial charge >= 0.3 is 0 Å². The maximum atomic E-state index is 12.5. The fraction of sp³-hybridized carbons (Fsp3) is 0.579. The monoisotopic (exact) mass is 380 g/mol. The Kier molecular flexibility index (Phi) is 6.16.